The number of carbonyl (C=O) groups excluding carboxylic acids is 1. The lowest BCUT2D eigenvalue weighted by Crippen LogP contribution is -2.58. The standard InChI is InChI=1S/C21H22O11/c1-7-15(25)17(27)19(29)21(30-7)32-12-3-2-8(4-10(12)23)20-18(28)16(26)14-11(24)5-9(22)6-13(14)31-20/h2-7,15,17-25,27-29H,1H3. The Morgan fingerprint density at radius 2 is 1.62 bits per heavy atom. The van der Waals surface area contributed by atoms with E-state index in [0.717, 1.165) is 18.2 Å². The van der Waals surface area contributed by atoms with E-state index in [4.69, 9.17) is 14.2 Å². The Labute approximate surface area is 181 Å². The third-order valence-corrected chi connectivity index (χ3v) is 5.48. The van der Waals surface area contributed by atoms with E-state index in [9.17, 15) is 40.5 Å². The zero-order chi connectivity index (χ0) is 23.3. The monoisotopic (exact) mass is 450 g/mol. The van der Waals surface area contributed by atoms with Crippen LogP contribution >= 0.6 is 0 Å². The second kappa shape index (κ2) is 8.11. The fraction of sp³-hybridized carbons (Fsp3) is 0.381. The van der Waals surface area contributed by atoms with Gasteiger partial charge in [0, 0.05) is 12.1 Å². The second-order valence-electron chi connectivity index (χ2n) is 7.71. The fourth-order valence-corrected chi connectivity index (χ4v) is 3.71. The van der Waals surface area contributed by atoms with Crippen LogP contribution in [0.2, 0.25) is 0 Å². The number of carbonyl (C=O) groups is 1. The molecule has 2 aromatic rings. The van der Waals surface area contributed by atoms with Crippen LogP contribution in [0.25, 0.3) is 0 Å². The van der Waals surface area contributed by atoms with E-state index in [1.54, 1.807) is 0 Å². The molecule has 11 heteroatoms. The summed E-state index contributed by atoms with van der Waals surface area (Å²) in [6, 6.07) is 5.89. The smallest absolute Gasteiger partial charge is 0.229 e. The Kier molecular flexibility index (Phi) is 5.61. The van der Waals surface area contributed by atoms with E-state index in [-0.39, 0.29) is 28.4 Å². The lowest BCUT2D eigenvalue weighted by molar-refractivity contribution is -0.268. The van der Waals surface area contributed by atoms with Gasteiger partial charge in [0.25, 0.3) is 0 Å². The molecule has 0 aromatic heterocycles. The number of benzene rings is 2. The predicted molar refractivity (Wildman–Crippen MR) is 105 cm³/mol. The number of phenolic OH excluding ortho intramolecular Hbond substituents is 3. The topological polar surface area (TPSA) is 186 Å². The van der Waals surface area contributed by atoms with Crippen molar-refractivity contribution in [2.75, 3.05) is 0 Å². The quantitative estimate of drug-likeness (QED) is 0.325. The van der Waals surface area contributed by atoms with Crippen LogP contribution in [0.15, 0.2) is 30.3 Å². The summed E-state index contributed by atoms with van der Waals surface area (Å²) in [5.41, 5.74) is -0.0906. The fourth-order valence-electron chi connectivity index (χ4n) is 3.71. The maximum Gasteiger partial charge on any atom is 0.229 e. The van der Waals surface area contributed by atoms with Gasteiger partial charge in [-0.2, -0.15) is 0 Å². The van der Waals surface area contributed by atoms with Gasteiger partial charge in [-0.3, -0.25) is 4.79 Å². The Balaban J connectivity index is 1.58. The van der Waals surface area contributed by atoms with Gasteiger partial charge in [-0.1, -0.05) is 6.07 Å². The number of hydrogen-bond donors (Lipinski definition) is 7. The Morgan fingerprint density at radius 1 is 0.906 bits per heavy atom. The van der Waals surface area contributed by atoms with Crippen molar-refractivity contribution < 1.29 is 54.8 Å². The van der Waals surface area contributed by atoms with Crippen molar-refractivity contribution >= 4 is 5.78 Å². The number of aliphatic hydroxyl groups excluding tert-OH is 4. The van der Waals surface area contributed by atoms with Gasteiger partial charge >= 0.3 is 0 Å². The summed E-state index contributed by atoms with van der Waals surface area (Å²) < 4.78 is 16.4. The van der Waals surface area contributed by atoms with Crippen LogP contribution in [0.4, 0.5) is 0 Å². The van der Waals surface area contributed by atoms with Crippen LogP contribution in [0.3, 0.4) is 0 Å². The number of rotatable bonds is 3. The van der Waals surface area contributed by atoms with Crippen molar-refractivity contribution in [2.24, 2.45) is 0 Å². The Morgan fingerprint density at radius 3 is 2.31 bits per heavy atom. The normalized spacial score (nSPS) is 32.2. The highest BCUT2D eigenvalue weighted by atomic mass is 16.7. The van der Waals surface area contributed by atoms with Gasteiger partial charge < -0.3 is 50.0 Å². The molecule has 7 atom stereocenters. The molecule has 172 valence electrons. The SMILES string of the molecule is CC1OC(Oc2ccc(C3Oc4cc(O)cc(O)c4C(=O)C3O)cc2O)C(O)C(O)C1O. The largest absolute Gasteiger partial charge is 0.508 e. The van der Waals surface area contributed by atoms with Crippen LogP contribution in [-0.4, -0.2) is 78.3 Å². The molecule has 0 radical (unpaired) electrons. The summed E-state index contributed by atoms with van der Waals surface area (Å²) in [6.45, 7) is 1.48. The van der Waals surface area contributed by atoms with Crippen LogP contribution in [-0.2, 0) is 4.74 Å². The summed E-state index contributed by atoms with van der Waals surface area (Å²) in [6.07, 6.45) is -9.60. The highest BCUT2D eigenvalue weighted by Crippen LogP contribution is 2.43. The lowest BCUT2D eigenvalue weighted by Gasteiger charge is -2.39. The van der Waals surface area contributed by atoms with Crippen LogP contribution in [0, 0.1) is 0 Å². The van der Waals surface area contributed by atoms with E-state index in [1.165, 1.54) is 19.1 Å². The molecule has 0 amide bonds. The highest BCUT2D eigenvalue weighted by Gasteiger charge is 2.44. The molecule has 1 fully saturated rings. The van der Waals surface area contributed by atoms with Gasteiger partial charge in [0.05, 0.1) is 6.10 Å². The Bertz CT molecular complexity index is 1040. The number of Topliss-reactive ketones (excluding diaryl/α,β-unsaturated/α-hetero) is 1. The summed E-state index contributed by atoms with van der Waals surface area (Å²) in [5, 5.41) is 70.0. The van der Waals surface area contributed by atoms with Gasteiger partial charge in [-0.05, 0) is 24.6 Å². The number of fused-ring (bicyclic) bond motifs is 1. The van der Waals surface area contributed by atoms with Gasteiger partial charge in [0.2, 0.25) is 12.1 Å². The van der Waals surface area contributed by atoms with E-state index in [1.807, 2.05) is 0 Å². The average Bonchev–Trinajstić information content (AvgIpc) is 2.73. The van der Waals surface area contributed by atoms with Crippen LogP contribution in [0.1, 0.15) is 28.9 Å². The van der Waals surface area contributed by atoms with Crippen molar-refractivity contribution in [3.05, 3.63) is 41.5 Å². The third kappa shape index (κ3) is 3.70. The van der Waals surface area contributed by atoms with E-state index < -0.39 is 60.2 Å². The molecule has 7 N–H and O–H groups in total. The minimum absolute atomic E-state index is 0.136. The number of aromatic hydroxyl groups is 3. The first kappa shape index (κ1) is 22.1. The molecule has 0 bridgehead atoms. The van der Waals surface area contributed by atoms with Gasteiger partial charge in [0.15, 0.2) is 23.7 Å². The first-order valence-corrected chi connectivity index (χ1v) is 9.72. The molecule has 0 aliphatic carbocycles. The molecule has 2 aliphatic rings. The summed E-state index contributed by atoms with van der Waals surface area (Å²) in [4.78, 5) is 12.5. The second-order valence-corrected chi connectivity index (χ2v) is 7.71. The molecule has 2 heterocycles. The molecule has 7 unspecified atom stereocenters. The average molecular weight is 450 g/mol. The number of aliphatic hydroxyl groups is 4. The maximum absolute atomic E-state index is 12.5. The number of ketones is 1. The van der Waals surface area contributed by atoms with Crippen LogP contribution in [0.5, 0.6) is 28.7 Å². The third-order valence-electron chi connectivity index (χ3n) is 5.48. The zero-order valence-electron chi connectivity index (χ0n) is 16.7. The molecule has 32 heavy (non-hydrogen) atoms. The van der Waals surface area contributed by atoms with Crippen molar-refractivity contribution in [3.8, 4) is 28.7 Å². The van der Waals surface area contributed by atoms with Crippen molar-refractivity contribution in [3.63, 3.8) is 0 Å². The van der Waals surface area contributed by atoms with Gasteiger partial charge in [0.1, 0.15) is 41.1 Å². The zero-order valence-corrected chi connectivity index (χ0v) is 16.7. The molecule has 0 spiro atoms. The van der Waals surface area contributed by atoms with E-state index >= 15 is 0 Å². The molecule has 11 nitrogen and oxygen atoms in total. The summed E-state index contributed by atoms with van der Waals surface area (Å²) in [5.74, 6) is -2.43. The number of hydrogen-bond acceptors (Lipinski definition) is 11. The van der Waals surface area contributed by atoms with E-state index in [2.05, 4.69) is 0 Å². The molecule has 1 saturated heterocycles. The van der Waals surface area contributed by atoms with Crippen molar-refractivity contribution in [2.45, 2.75) is 49.8 Å². The molecule has 4 rings (SSSR count). The highest BCUT2D eigenvalue weighted by molar-refractivity contribution is 6.05. The number of ether oxygens (including phenoxy) is 3. The van der Waals surface area contributed by atoms with Crippen molar-refractivity contribution in [1.82, 2.24) is 0 Å². The first-order valence-electron chi connectivity index (χ1n) is 9.72. The molecular formula is C21H22O11. The minimum atomic E-state index is -1.70. The Hall–Kier alpha value is -3.09. The van der Waals surface area contributed by atoms with Gasteiger partial charge in [-0.25, -0.2) is 0 Å². The molecule has 2 aromatic carbocycles. The predicted octanol–water partition coefficient (Wildman–Crippen LogP) is -0.313. The summed E-state index contributed by atoms with van der Waals surface area (Å²) in [7, 11) is 0. The molecule has 2 aliphatic heterocycles. The lowest BCUT2D eigenvalue weighted by atomic mass is 9.92. The minimum Gasteiger partial charge on any atom is -0.508 e. The maximum atomic E-state index is 12.5. The van der Waals surface area contributed by atoms with Gasteiger partial charge in [-0.15, -0.1) is 0 Å². The van der Waals surface area contributed by atoms with Crippen LogP contribution < -0.4 is 9.47 Å². The summed E-state index contributed by atoms with van der Waals surface area (Å²) >= 11 is 0. The first-order chi connectivity index (χ1) is 15.1. The van der Waals surface area contributed by atoms with Crippen molar-refractivity contribution in [1.29, 1.82) is 0 Å². The molecule has 0 saturated carbocycles. The molecular weight excluding hydrogens is 428 g/mol. The van der Waals surface area contributed by atoms with E-state index in [0.29, 0.717) is 0 Å². The number of phenols is 3.